The van der Waals surface area contributed by atoms with Crippen LogP contribution in [0.5, 0.6) is 11.5 Å². The average molecular weight is 395 g/mol. The van der Waals surface area contributed by atoms with Crippen LogP contribution < -0.4 is 0 Å². The van der Waals surface area contributed by atoms with Crippen molar-refractivity contribution in [2.24, 2.45) is 5.92 Å². The van der Waals surface area contributed by atoms with Crippen LogP contribution in [0.15, 0.2) is 18.2 Å². The maximum atomic E-state index is 12.8. The van der Waals surface area contributed by atoms with Gasteiger partial charge in [-0.25, -0.2) is 4.79 Å². The minimum absolute atomic E-state index is 0.0220. The Balaban J connectivity index is 2.00. The number of carbonyl (C=O) groups is 2. The fourth-order valence-electron chi connectivity index (χ4n) is 3.31. The number of ether oxygens (including phenoxy) is 2. The highest BCUT2D eigenvalue weighted by Crippen LogP contribution is 2.38. The quantitative estimate of drug-likeness (QED) is 0.558. The number of phenolic OH excluding ortho intramolecular Hbond substituents is 2. The highest BCUT2D eigenvalue weighted by molar-refractivity contribution is 6.33. The molecule has 27 heavy (non-hydrogen) atoms. The van der Waals surface area contributed by atoms with Crippen molar-refractivity contribution < 1.29 is 29.3 Å². The summed E-state index contributed by atoms with van der Waals surface area (Å²) in [5, 5.41) is 20.0. The molecule has 0 saturated carbocycles. The van der Waals surface area contributed by atoms with E-state index in [0.717, 1.165) is 12.5 Å². The molecule has 3 rings (SSSR count). The van der Waals surface area contributed by atoms with Gasteiger partial charge in [-0.3, -0.25) is 4.79 Å². The summed E-state index contributed by atoms with van der Waals surface area (Å²) >= 11 is 6.13. The molecular weight excluding hydrogens is 372 g/mol. The number of aromatic hydroxyl groups is 2. The van der Waals surface area contributed by atoms with Gasteiger partial charge < -0.3 is 19.7 Å². The van der Waals surface area contributed by atoms with Crippen LogP contribution in [0.25, 0.3) is 0 Å². The highest BCUT2D eigenvalue weighted by atomic mass is 35.5. The Bertz CT molecular complexity index is 785. The van der Waals surface area contributed by atoms with Crippen LogP contribution in [0.1, 0.15) is 49.0 Å². The minimum Gasteiger partial charge on any atom is -0.507 e. The van der Waals surface area contributed by atoms with E-state index in [1.807, 2.05) is 13.8 Å². The van der Waals surface area contributed by atoms with E-state index in [2.05, 4.69) is 0 Å². The second-order valence-electron chi connectivity index (χ2n) is 7.34. The molecule has 0 aliphatic carbocycles. The summed E-state index contributed by atoms with van der Waals surface area (Å²) in [5.41, 5.74) is -0.121. The van der Waals surface area contributed by atoms with Gasteiger partial charge in [-0.2, -0.15) is 0 Å². The lowest BCUT2D eigenvalue weighted by Gasteiger charge is -2.22. The first-order chi connectivity index (χ1) is 12.8. The zero-order valence-electron chi connectivity index (χ0n) is 15.3. The third-order valence-electron chi connectivity index (χ3n) is 4.95. The molecule has 1 unspecified atom stereocenters. The van der Waals surface area contributed by atoms with Gasteiger partial charge >= 0.3 is 5.97 Å². The van der Waals surface area contributed by atoms with Crippen molar-refractivity contribution in [3.05, 3.63) is 34.4 Å². The van der Waals surface area contributed by atoms with Crippen LogP contribution in [0, 0.1) is 5.92 Å². The van der Waals surface area contributed by atoms with E-state index < -0.39 is 23.6 Å². The van der Waals surface area contributed by atoms with E-state index in [4.69, 9.17) is 21.1 Å². The van der Waals surface area contributed by atoms with Gasteiger partial charge in [-0.1, -0.05) is 31.5 Å². The predicted octanol–water partition coefficient (Wildman–Crippen LogP) is 3.55. The Morgan fingerprint density at radius 2 is 1.93 bits per heavy atom. The van der Waals surface area contributed by atoms with Crippen LogP contribution in [-0.2, 0) is 20.7 Å². The van der Waals surface area contributed by atoms with Crippen molar-refractivity contribution in [3.63, 3.8) is 0 Å². The fourth-order valence-corrected chi connectivity index (χ4v) is 3.52. The van der Waals surface area contributed by atoms with Gasteiger partial charge in [0.1, 0.15) is 23.2 Å². The van der Waals surface area contributed by atoms with Crippen molar-refractivity contribution >= 4 is 23.4 Å². The van der Waals surface area contributed by atoms with Gasteiger partial charge in [0.25, 0.3) is 0 Å². The fraction of sp³-hybridized carbons (Fsp3) is 0.500. The zero-order valence-corrected chi connectivity index (χ0v) is 16.0. The zero-order chi connectivity index (χ0) is 19.7. The van der Waals surface area contributed by atoms with Crippen LogP contribution >= 0.6 is 11.6 Å². The molecule has 146 valence electrons. The topological polar surface area (TPSA) is 96.4 Å². The molecule has 0 spiro atoms. The number of halogens is 1. The van der Waals surface area contributed by atoms with E-state index in [9.17, 15) is 19.8 Å². The largest absolute Gasteiger partial charge is 0.507 e. The number of allylic oxidation sites excluding steroid dienone is 2. The van der Waals surface area contributed by atoms with Gasteiger partial charge in [0.2, 0.25) is 0 Å². The first kappa shape index (κ1) is 19.7. The van der Waals surface area contributed by atoms with Crippen LogP contribution in [0.3, 0.4) is 0 Å². The van der Waals surface area contributed by atoms with E-state index in [0.29, 0.717) is 12.8 Å². The third-order valence-corrected chi connectivity index (χ3v) is 5.37. The second-order valence-corrected chi connectivity index (χ2v) is 7.72. The summed E-state index contributed by atoms with van der Waals surface area (Å²) < 4.78 is 11.3. The van der Waals surface area contributed by atoms with Gasteiger partial charge in [0, 0.05) is 24.5 Å². The van der Waals surface area contributed by atoms with Gasteiger partial charge in [-0.15, -0.1) is 0 Å². The molecule has 1 aromatic rings. The number of cyclic esters (lactones) is 1. The lowest BCUT2D eigenvalue weighted by atomic mass is 9.97. The monoisotopic (exact) mass is 394 g/mol. The number of epoxide rings is 1. The molecule has 2 aliphatic heterocycles. The van der Waals surface area contributed by atoms with Gasteiger partial charge in [0.05, 0.1) is 17.2 Å². The number of benzene rings is 1. The molecule has 6 nitrogen and oxygen atoms in total. The van der Waals surface area contributed by atoms with Crippen LogP contribution in [-0.4, -0.2) is 40.3 Å². The lowest BCUT2D eigenvalue weighted by Crippen LogP contribution is -2.27. The smallest absolute Gasteiger partial charge is 0.342 e. The molecule has 1 saturated heterocycles. The standard InChI is InChI=1S/C20H23ClO6/c1-10(2)16-9-17-15(26-17)6-4-3-5-11(22)7-12-18(20(25)27-16)13(23)8-14(24)19(12)21/h3,5,8,10,15-17,23-24H,4,6-7,9H2,1-2H3/b5-3+/t15?,16-,17-/m0/s1. The number of carbonyl (C=O) groups excluding carboxylic acids is 2. The number of ketones is 1. The Labute approximate surface area is 162 Å². The minimum atomic E-state index is -0.769. The van der Waals surface area contributed by atoms with Crippen molar-refractivity contribution in [2.45, 2.75) is 57.8 Å². The van der Waals surface area contributed by atoms with E-state index >= 15 is 0 Å². The molecule has 0 amide bonds. The summed E-state index contributed by atoms with van der Waals surface area (Å²) in [6, 6.07) is 0.982. The van der Waals surface area contributed by atoms with E-state index in [1.54, 1.807) is 6.08 Å². The molecule has 2 heterocycles. The molecular formula is C20H23ClO6. The van der Waals surface area contributed by atoms with Crippen LogP contribution in [0.4, 0.5) is 0 Å². The van der Waals surface area contributed by atoms with Gasteiger partial charge in [0.15, 0.2) is 5.78 Å². The summed E-state index contributed by atoms with van der Waals surface area (Å²) in [6.07, 6.45) is 4.76. The molecule has 1 aromatic carbocycles. The molecule has 2 N–H and O–H groups in total. The lowest BCUT2D eigenvalue weighted by molar-refractivity contribution is -0.114. The Hall–Kier alpha value is -2.05. The molecule has 2 aliphatic rings. The first-order valence-electron chi connectivity index (χ1n) is 9.07. The van der Waals surface area contributed by atoms with Crippen molar-refractivity contribution in [1.29, 1.82) is 0 Å². The summed E-state index contributed by atoms with van der Waals surface area (Å²) in [5.74, 6) is -1.88. The van der Waals surface area contributed by atoms with Crippen molar-refractivity contribution in [1.82, 2.24) is 0 Å². The first-order valence-corrected chi connectivity index (χ1v) is 9.44. The number of rotatable bonds is 1. The van der Waals surface area contributed by atoms with Crippen molar-refractivity contribution in [3.8, 4) is 11.5 Å². The number of fused-ring (bicyclic) bond motifs is 2. The SMILES string of the molecule is CC(C)[C@@H]1C[C@@H]2OC2CC/C=C/C(=O)Cc2c(Cl)c(O)cc(O)c2C(=O)O1. The Morgan fingerprint density at radius 1 is 1.19 bits per heavy atom. The highest BCUT2D eigenvalue weighted by Gasteiger charge is 2.41. The van der Waals surface area contributed by atoms with E-state index in [1.165, 1.54) is 6.08 Å². The summed E-state index contributed by atoms with van der Waals surface area (Å²) in [6.45, 7) is 3.88. The average Bonchev–Trinajstić information content (AvgIpc) is 3.33. The molecule has 0 bridgehead atoms. The third kappa shape index (κ3) is 4.45. The molecule has 3 atom stereocenters. The molecule has 1 fully saturated rings. The summed E-state index contributed by atoms with van der Waals surface area (Å²) in [4.78, 5) is 25.1. The van der Waals surface area contributed by atoms with Crippen molar-refractivity contribution in [2.75, 3.05) is 0 Å². The maximum Gasteiger partial charge on any atom is 0.342 e. The van der Waals surface area contributed by atoms with Crippen LogP contribution in [0.2, 0.25) is 5.02 Å². The second kappa shape index (κ2) is 7.90. The maximum absolute atomic E-state index is 12.8. The van der Waals surface area contributed by atoms with Gasteiger partial charge in [-0.05, 0) is 24.8 Å². The summed E-state index contributed by atoms with van der Waals surface area (Å²) in [7, 11) is 0. The Kier molecular flexibility index (Phi) is 5.77. The number of hydrogen-bond donors (Lipinski definition) is 2. The normalized spacial score (nSPS) is 27.3. The number of esters is 1. The number of hydrogen-bond acceptors (Lipinski definition) is 6. The molecule has 0 radical (unpaired) electrons. The molecule has 7 heteroatoms. The number of phenols is 2. The van der Waals surface area contributed by atoms with E-state index in [-0.39, 0.29) is 46.5 Å². The predicted molar refractivity (Wildman–Crippen MR) is 99.2 cm³/mol. The molecule has 0 aromatic heterocycles. The Morgan fingerprint density at radius 3 is 2.63 bits per heavy atom.